The highest BCUT2D eigenvalue weighted by atomic mass is 35.5. The van der Waals surface area contributed by atoms with Crippen molar-refractivity contribution in [2.45, 2.75) is 20.5 Å². The lowest BCUT2D eigenvalue weighted by molar-refractivity contribution is -0.115. The van der Waals surface area contributed by atoms with Crippen LogP contribution >= 0.6 is 46.6 Å². The van der Waals surface area contributed by atoms with Crippen molar-refractivity contribution < 1.29 is 14.3 Å². The molecular weight excluding hydrogens is 527 g/mol. The number of carbonyl (C=O) groups excluding carboxylic acids is 1. The van der Waals surface area contributed by atoms with Crippen molar-refractivity contribution in [1.82, 2.24) is 5.32 Å². The number of halogens is 3. The normalized spacial score (nSPS) is 15.5. The topological polar surface area (TPSA) is 59.9 Å². The summed E-state index contributed by atoms with van der Waals surface area (Å²) in [7, 11) is 0. The Bertz CT molecular complexity index is 1320. The Morgan fingerprint density at radius 1 is 1.00 bits per heavy atom. The zero-order valence-electron chi connectivity index (χ0n) is 18.9. The monoisotopic (exact) mass is 546 g/mol. The zero-order chi connectivity index (χ0) is 24.9. The lowest BCUT2D eigenvalue weighted by atomic mass is 10.1. The molecule has 35 heavy (non-hydrogen) atoms. The number of hydrogen-bond donors (Lipinski definition) is 1. The molecule has 0 bridgehead atoms. The molecule has 0 aromatic heterocycles. The molecule has 0 aliphatic carbocycles. The van der Waals surface area contributed by atoms with Gasteiger partial charge in [0, 0.05) is 10.0 Å². The largest absolute Gasteiger partial charge is 0.490 e. The molecule has 1 heterocycles. The summed E-state index contributed by atoms with van der Waals surface area (Å²) in [5.41, 5.74) is 3.27. The SMILES string of the molecule is CCOc1cc(/C=C2\SC(=Nc3ccc(C)c(Cl)c3)NC2=O)cc(Cl)c1OCc1ccc(Cl)cc1. The number of carbonyl (C=O) groups is 1. The van der Waals surface area contributed by atoms with Crippen LogP contribution in [-0.4, -0.2) is 17.7 Å². The van der Waals surface area contributed by atoms with Crippen molar-refractivity contribution in [2.75, 3.05) is 6.61 Å². The fourth-order valence-electron chi connectivity index (χ4n) is 3.21. The fraction of sp³-hybridized carbons (Fsp3) is 0.154. The highest BCUT2D eigenvalue weighted by molar-refractivity contribution is 8.18. The summed E-state index contributed by atoms with van der Waals surface area (Å²) in [6.45, 7) is 4.53. The molecule has 9 heteroatoms. The maximum atomic E-state index is 12.5. The van der Waals surface area contributed by atoms with Crippen LogP contribution in [0.25, 0.3) is 6.08 Å². The van der Waals surface area contributed by atoms with E-state index in [1.807, 2.05) is 38.1 Å². The van der Waals surface area contributed by atoms with Gasteiger partial charge in [-0.25, -0.2) is 4.99 Å². The van der Waals surface area contributed by atoms with E-state index in [1.54, 1.807) is 36.4 Å². The highest BCUT2D eigenvalue weighted by Gasteiger charge is 2.24. The second-order valence-electron chi connectivity index (χ2n) is 7.59. The molecular formula is C26H21Cl3N2O3S. The Morgan fingerprint density at radius 3 is 2.49 bits per heavy atom. The number of amidine groups is 1. The van der Waals surface area contributed by atoms with Gasteiger partial charge >= 0.3 is 0 Å². The quantitative estimate of drug-likeness (QED) is 0.306. The molecule has 1 N–H and O–H groups in total. The summed E-state index contributed by atoms with van der Waals surface area (Å²) in [6, 6.07) is 16.4. The van der Waals surface area contributed by atoms with Crippen molar-refractivity contribution in [3.05, 3.63) is 91.3 Å². The third-order valence-electron chi connectivity index (χ3n) is 4.96. The van der Waals surface area contributed by atoms with Crippen molar-refractivity contribution in [3.8, 4) is 11.5 Å². The van der Waals surface area contributed by atoms with E-state index in [1.165, 1.54) is 11.8 Å². The molecule has 0 saturated carbocycles. The number of aryl methyl sites for hydroxylation is 1. The predicted molar refractivity (Wildman–Crippen MR) is 145 cm³/mol. The van der Waals surface area contributed by atoms with Crippen LogP contribution in [0.15, 0.2) is 64.5 Å². The number of benzene rings is 3. The van der Waals surface area contributed by atoms with Gasteiger partial charge in [0.25, 0.3) is 5.91 Å². The number of nitrogens with one attached hydrogen (secondary N) is 1. The number of hydrogen-bond acceptors (Lipinski definition) is 5. The van der Waals surface area contributed by atoms with E-state index in [4.69, 9.17) is 44.3 Å². The second kappa shape index (κ2) is 11.4. The lowest BCUT2D eigenvalue weighted by Crippen LogP contribution is -2.19. The van der Waals surface area contributed by atoms with Gasteiger partial charge in [-0.15, -0.1) is 0 Å². The molecule has 3 aromatic carbocycles. The maximum Gasteiger partial charge on any atom is 0.264 e. The molecule has 5 nitrogen and oxygen atoms in total. The van der Waals surface area contributed by atoms with Crippen LogP contribution in [0.4, 0.5) is 5.69 Å². The molecule has 1 aliphatic rings. The molecule has 1 amide bonds. The van der Waals surface area contributed by atoms with Crippen LogP contribution < -0.4 is 14.8 Å². The fourth-order valence-corrected chi connectivity index (χ4v) is 4.63. The van der Waals surface area contributed by atoms with E-state index in [0.29, 0.717) is 61.1 Å². The molecule has 1 fully saturated rings. The molecule has 1 saturated heterocycles. The van der Waals surface area contributed by atoms with Crippen molar-refractivity contribution in [1.29, 1.82) is 0 Å². The number of thioether (sulfide) groups is 1. The first-order chi connectivity index (χ1) is 16.8. The summed E-state index contributed by atoms with van der Waals surface area (Å²) in [5.74, 6) is 0.684. The third-order valence-corrected chi connectivity index (χ3v) is 6.81. The average molecular weight is 548 g/mol. The van der Waals surface area contributed by atoms with Crippen molar-refractivity contribution in [2.24, 2.45) is 4.99 Å². The van der Waals surface area contributed by atoms with E-state index in [-0.39, 0.29) is 5.91 Å². The molecule has 0 radical (unpaired) electrons. The molecule has 1 aliphatic heterocycles. The van der Waals surface area contributed by atoms with Gasteiger partial charge in [-0.1, -0.05) is 53.0 Å². The Hall–Kier alpha value is -2.64. The standard InChI is InChI=1S/C26H21Cl3N2O3S/c1-3-33-22-11-17(10-21(29)24(22)34-14-16-5-7-18(27)8-6-16)12-23-25(32)31-26(35-23)30-19-9-4-15(2)20(28)13-19/h4-13H,3,14H2,1-2H3,(H,30,31,32)/b23-12-. The summed E-state index contributed by atoms with van der Waals surface area (Å²) >= 11 is 19.9. The van der Waals surface area contributed by atoms with Gasteiger partial charge in [0.05, 0.1) is 22.2 Å². The van der Waals surface area contributed by atoms with E-state index in [9.17, 15) is 4.79 Å². The minimum absolute atomic E-state index is 0.246. The molecule has 3 aromatic rings. The number of nitrogens with zero attached hydrogens (tertiary/aromatic N) is 1. The number of ether oxygens (including phenoxy) is 2. The van der Waals surface area contributed by atoms with Crippen LogP contribution in [0, 0.1) is 6.92 Å². The smallest absolute Gasteiger partial charge is 0.264 e. The van der Waals surface area contributed by atoms with Crippen LogP contribution in [0.2, 0.25) is 15.1 Å². The van der Waals surface area contributed by atoms with Gasteiger partial charge in [0.15, 0.2) is 16.7 Å². The summed E-state index contributed by atoms with van der Waals surface area (Å²) in [6.07, 6.45) is 1.74. The van der Waals surface area contributed by atoms with Gasteiger partial charge < -0.3 is 14.8 Å². The second-order valence-corrected chi connectivity index (χ2v) is 9.87. The third kappa shape index (κ3) is 6.53. The first-order valence-electron chi connectivity index (χ1n) is 10.7. The van der Waals surface area contributed by atoms with E-state index >= 15 is 0 Å². The van der Waals surface area contributed by atoms with Gasteiger partial charge in [0.1, 0.15) is 6.61 Å². The van der Waals surface area contributed by atoms with Crippen molar-refractivity contribution in [3.63, 3.8) is 0 Å². The molecule has 0 spiro atoms. The molecule has 4 rings (SSSR count). The van der Waals surface area contributed by atoms with E-state index in [2.05, 4.69) is 10.3 Å². The average Bonchev–Trinajstić information content (AvgIpc) is 3.15. The van der Waals surface area contributed by atoms with Crippen molar-refractivity contribution >= 4 is 69.4 Å². The minimum atomic E-state index is -0.246. The van der Waals surface area contributed by atoms with Crippen LogP contribution in [0.1, 0.15) is 23.6 Å². The first-order valence-corrected chi connectivity index (χ1v) is 12.7. The highest BCUT2D eigenvalue weighted by Crippen LogP contribution is 2.39. The van der Waals surface area contributed by atoms with E-state index in [0.717, 1.165) is 11.1 Å². The Labute approximate surface area is 223 Å². The molecule has 0 atom stereocenters. The van der Waals surface area contributed by atoms with Gasteiger partial charge in [-0.2, -0.15) is 0 Å². The Morgan fingerprint density at radius 2 is 1.77 bits per heavy atom. The van der Waals surface area contributed by atoms with Crippen LogP contribution in [0.3, 0.4) is 0 Å². The maximum absolute atomic E-state index is 12.5. The zero-order valence-corrected chi connectivity index (χ0v) is 22.0. The Kier molecular flexibility index (Phi) is 8.29. The molecule has 0 unspecified atom stereocenters. The minimum Gasteiger partial charge on any atom is -0.490 e. The number of rotatable bonds is 7. The molecule has 180 valence electrons. The van der Waals surface area contributed by atoms with Crippen LogP contribution in [-0.2, 0) is 11.4 Å². The van der Waals surface area contributed by atoms with Gasteiger partial charge in [0.2, 0.25) is 0 Å². The summed E-state index contributed by atoms with van der Waals surface area (Å²) in [4.78, 5) is 17.5. The predicted octanol–water partition coefficient (Wildman–Crippen LogP) is 7.82. The lowest BCUT2D eigenvalue weighted by Gasteiger charge is -2.15. The summed E-state index contributed by atoms with van der Waals surface area (Å²) in [5, 5.41) is 4.91. The van der Waals surface area contributed by atoms with Crippen LogP contribution in [0.5, 0.6) is 11.5 Å². The van der Waals surface area contributed by atoms with Gasteiger partial charge in [-0.05, 0) is 84.8 Å². The first kappa shape index (κ1) is 25.5. The number of amides is 1. The summed E-state index contributed by atoms with van der Waals surface area (Å²) < 4.78 is 11.7. The number of aliphatic imine (C=N–C) groups is 1. The van der Waals surface area contributed by atoms with E-state index < -0.39 is 0 Å². The Balaban J connectivity index is 1.55. The van der Waals surface area contributed by atoms with Gasteiger partial charge in [-0.3, -0.25) is 4.79 Å².